The zero-order chi connectivity index (χ0) is 15.7. The molecule has 4 nitrogen and oxygen atoms in total. The lowest BCUT2D eigenvalue weighted by molar-refractivity contribution is -0.137. The van der Waals surface area contributed by atoms with E-state index >= 15 is 0 Å². The zero-order valence-corrected chi connectivity index (χ0v) is 12.3. The molecule has 118 valence electrons. The molecule has 1 heterocycles. The zero-order valence-electron chi connectivity index (χ0n) is 11.5. The summed E-state index contributed by atoms with van der Waals surface area (Å²) in [6.07, 6.45) is -3.02. The minimum absolute atomic E-state index is 0.238. The summed E-state index contributed by atoms with van der Waals surface area (Å²) in [6, 6.07) is 3.61. The van der Waals surface area contributed by atoms with Crippen LogP contribution in [0, 0.1) is 0 Å². The van der Waals surface area contributed by atoms with E-state index in [0.29, 0.717) is 19.0 Å². The Balaban J connectivity index is 2.30. The molecule has 0 amide bonds. The minimum Gasteiger partial charge on any atom is -0.315 e. The van der Waals surface area contributed by atoms with Crippen molar-refractivity contribution in [2.75, 3.05) is 20.1 Å². The Morgan fingerprint density at radius 2 is 2.05 bits per heavy atom. The monoisotopic (exact) mass is 322 g/mol. The Morgan fingerprint density at radius 3 is 2.62 bits per heavy atom. The molecule has 1 unspecified atom stereocenters. The lowest BCUT2D eigenvalue weighted by atomic mass is 10.1. The van der Waals surface area contributed by atoms with Crippen LogP contribution in [-0.2, 0) is 16.2 Å². The van der Waals surface area contributed by atoms with E-state index in [1.807, 2.05) is 0 Å². The first-order valence-corrected chi connectivity index (χ1v) is 8.03. The second-order valence-corrected chi connectivity index (χ2v) is 7.04. The lowest BCUT2D eigenvalue weighted by Crippen LogP contribution is -2.46. The maximum atomic E-state index is 12.7. The molecule has 0 aliphatic carbocycles. The van der Waals surface area contributed by atoms with Crippen molar-refractivity contribution in [1.29, 1.82) is 0 Å². The fourth-order valence-electron chi connectivity index (χ4n) is 2.34. The third-order valence-electron chi connectivity index (χ3n) is 3.62. The lowest BCUT2D eigenvalue weighted by Gasteiger charge is -2.31. The number of benzene rings is 1. The number of likely N-dealkylation sites (N-methyl/N-ethyl adjacent to an activating group) is 1. The maximum Gasteiger partial charge on any atom is 0.416 e. The summed E-state index contributed by atoms with van der Waals surface area (Å²) in [5.41, 5.74) is -0.959. The number of rotatable bonds is 3. The summed E-state index contributed by atoms with van der Waals surface area (Å²) in [7, 11) is -2.52. The van der Waals surface area contributed by atoms with E-state index in [0.717, 1.165) is 29.4 Å². The molecule has 0 spiro atoms. The van der Waals surface area contributed by atoms with Crippen LogP contribution in [0.15, 0.2) is 29.2 Å². The first-order valence-electron chi connectivity index (χ1n) is 6.59. The number of sulfonamides is 1. The summed E-state index contributed by atoms with van der Waals surface area (Å²) in [5.74, 6) is 0. The molecule has 0 radical (unpaired) electrons. The standard InChI is InChI=1S/C13H17F3N2O2S/c1-18(11-5-3-7-17-9-11)21(19,20)12-6-2-4-10(8-12)13(14,15)16/h2,4,6,8,11,17H,3,5,7,9H2,1H3. The van der Waals surface area contributed by atoms with E-state index in [2.05, 4.69) is 5.32 Å². The van der Waals surface area contributed by atoms with Crippen molar-refractivity contribution in [2.24, 2.45) is 0 Å². The second kappa shape index (κ2) is 5.94. The van der Waals surface area contributed by atoms with Crippen molar-refractivity contribution in [3.63, 3.8) is 0 Å². The summed E-state index contributed by atoms with van der Waals surface area (Å²) in [4.78, 5) is -0.328. The molecule has 1 aliphatic rings. The molecular formula is C13H17F3N2O2S. The molecule has 0 bridgehead atoms. The van der Waals surface area contributed by atoms with Gasteiger partial charge in [-0.2, -0.15) is 17.5 Å². The van der Waals surface area contributed by atoms with Crippen LogP contribution in [0.1, 0.15) is 18.4 Å². The largest absolute Gasteiger partial charge is 0.416 e. The van der Waals surface area contributed by atoms with Gasteiger partial charge in [-0.1, -0.05) is 6.07 Å². The highest BCUT2D eigenvalue weighted by Crippen LogP contribution is 2.31. The average Bonchev–Trinajstić information content (AvgIpc) is 2.46. The predicted molar refractivity (Wildman–Crippen MR) is 72.3 cm³/mol. The van der Waals surface area contributed by atoms with Gasteiger partial charge in [0.1, 0.15) is 0 Å². The van der Waals surface area contributed by atoms with Gasteiger partial charge >= 0.3 is 6.18 Å². The van der Waals surface area contributed by atoms with Crippen molar-refractivity contribution in [2.45, 2.75) is 30.0 Å². The molecule has 8 heteroatoms. The van der Waals surface area contributed by atoms with E-state index in [9.17, 15) is 21.6 Å². The Bertz CT molecular complexity index is 596. The Hall–Kier alpha value is -1.12. The SMILES string of the molecule is CN(C1CCCNC1)S(=O)(=O)c1cccc(C(F)(F)F)c1. The normalized spacial score (nSPS) is 20.7. The summed E-state index contributed by atoms with van der Waals surface area (Å²) in [5, 5.41) is 3.09. The van der Waals surface area contributed by atoms with E-state index in [1.165, 1.54) is 13.1 Å². The van der Waals surface area contributed by atoms with Gasteiger partial charge in [0.2, 0.25) is 10.0 Å². The fourth-order valence-corrected chi connectivity index (χ4v) is 3.77. The van der Waals surface area contributed by atoms with Crippen LogP contribution in [0.5, 0.6) is 0 Å². The number of alkyl halides is 3. The quantitative estimate of drug-likeness (QED) is 0.927. The molecule has 2 rings (SSSR count). The van der Waals surface area contributed by atoms with Crippen LogP contribution in [-0.4, -0.2) is 38.9 Å². The molecule has 1 aromatic rings. The molecule has 1 N–H and O–H groups in total. The average molecular weight is 322 g/mol. The van der Waals surface area contributed by atoms with Crippen LogP contribution in [0.4, 0.5) is 13.2 Å². The molecule has 21 heavy (non-hydrogen) atoms. The Morgan fingerprint density at radius 1 is 1.33 bits per heavy atom. The van der Waals surface area contributed by atoms with Gasteiger partial charge in [0.25, 0.3) is 0 Å². The number of nitrogens with one attached hydrogen (secondary N) is 1. The van der Waals surface area contributed by atoms with Crippen LogP contribution in [0.2, 0.25) is 0 Å². The number of hydrogen-bond donors (Lipinski definition) is 1. The number of hydrogen-bond acceptors (Lipinski definition) is 3. The van der Waals surface area contributed by atoms with Crippen molar-refractivity contribution in [1.82, 2.24) is 9.62 Å². The highest BCUT2D eigenvalue weighted by Gasteiger charge is 2.34. The molecule has 1 saturated heterocycles. The van der Waals surface area contributed by atoms with Gasteiger partial charge in [-0.25, -0.2) is 8.42 Å². The van der Waals surface area contributed by atoms with Crippen molar-refractivity contribution < 1.29 is 21.6 Å². The Labute approximate surface area is 122 Å². The van der Waals surface area contributed by atoms with Gasteiger partial charge in [0.05, 0.1) is 10.5 Å². The van der Waals surface area contributed by atoms with Gasteiger partial charge in [0.15, 0.2) is 0 Å². The third kappa shape index (κ3) is 3.56. The molecule has 1 fully saturated rings. The smallest absolute Gasteiger partial charge is 0.315 e. The maximum absolute atomic E-state index is 12.7. The number of piperidine rings is 1. The Kier molecular flexibility index (Phi) is 4.60. The van der Waals surface area contributed by atoms with Crippen LogP contribution < -0.4 is 5.32 Å². The molecule has 1 atom stereocenters. The van der Waals surface area contributed by atoms with Gasteiger partial charge in [-0.15, -0.1) is 0 Å². The first-order chi connectivity index (χ1) is 9.73. The highest BCUT2D eigenvalue weighted by atomic mass is 32.2. The van der Waals surface area contributed by atoms with Gasteiger partial charge in [-0.05, 0) is 37.6 Å². The van der Waals surface area contributed by atoms with E-state index in [-0.39, 0.29) is 10.9 Å². The molecule has 0 aromatic heterocycles. The van der Waals surface area contributed by atoms with Crippen molar-refractivity contribution in [3.05, 3.63) is 29.8 Å². The van der Waals surface area contributed by atoms with Crippen molar-refractivity contribution in [3.8, 4) is 0 Å². The van der Waals surface area contributed by atoms with E-state index in [1.54, 1.807) is 0 Å². The fraction of sp³-hybridized carbons (Fsp3) is 0.538. The van der Waals surface area contributed by atoms with E-state index < -0.39 is 21.8 Å². The first kappa shape index (κ1) is 16.3. The summed E-state index contributed by atoms with van der Waals surface area (Å²) in [6.45, 7) is 1.34. The van der Waals surface area contributed by atoms with Crippen LogP contribution in [0.25, 0.3) is 0 Å². The third-order valence-corrected chi connectivity index (χ3v) is 5.53. The number of halogens is 3. The van der Waals surface area contributed by atoms with Gasteiger partial charge in [0, 0.05) is 19.6 Å². The topological polar surface area (TPSA) is 49.4 Å². The summed E-state index contributed by atoms with van der Waals surface area (Å²) >= 11 is 0. The molecule has 1 aromatic carbocycles. The molecule has 1 aliphatic heterocycles. The minimum atomic E-state index is -4.56. The number of nitrogens with zero attached hydrogens (tertiary/aromatic N) is 1. The molecular weight excluding hydrogens is 305 g/mol. The predicted octanol–water partition coefficient (Wildman–Crippen LogP) is 2.08. The van der Waals surface area contributed by atoms with Crippen molar-refractivity contribution >= 4 is 10.0 Å². The summed E-state index contributed by atoms with van der Waals surface area (Å²) < 4.78 is 64.1. The second-order valence-electron chi connectivity index (χ2n) is 5.05. The highest BCUT2D eigenvalue weighted by molar-refractivity contribution is 7.89. The van der Waals surface area contributed by atoms with Crippen LogP contribution >= 0.6 is 0 Å². The van der Waals surface area contributed by atoms with Crippen LogP contribution in [0.3, 0.4) is 0 Å². The van der Waals surface area contributed by atoms with E-state index in [4.69, 9.17) is 0 Å². The molecule has 0 saturated carbocycles. The van der Waals surface area contributed by atoms with Gasteiger partial charge in [-0.3, -0.25) is 0 Å². The van der Waals surface area contributed by atoms with Gasteiger partial charge < -0.3 is 5.32 Å².